The average molecular weight is 264 g/mol. The van der Waals surface area contributed by atoms with Gasteiger partial charge in [0.2, 0.25) is 0 Å². The molecule has 0 aliphatic heterocycles. The molecule has 2 nitrogen and oxygen atoms in total. The number of benzene rings is 1. The van der Waals surface area contributed by atoms with Crippen molar-refractivity contribution in [1.82, 2.24) is 4.90 Å². The van der Waals surface area contributed by atoms with Crippen molar-refractivity contribution in [3.8, 4) is 0 Å². The summed E-state index contributed by atoms with van der Waals surface area (Å²) in [7, 11) is 2.09. The Morgan fingerprint density at radius 3 is 2.74 bits per heavy atom. The fourth-order valence-electron chi connectivity index (χ4n) is 3.16. The molecule has 2 unspecified atom stereocenters. The second kappa shape index (κ2) is 5.59. The van der Waals surface area contributed by atoms with Gasteiger partial charge in [-0.05, 0) is 48.9 Å². The molecule has 0 saturated heterocycles. The fourth-order valence-corrected chi connectivity index (χ4v) is 3.16. The molecular weight excluding hydrogens is 239 g/mol. The van der Waals surface area contributed by atoms with Gasteiger partial charge in [0.25, 0.3) is 0 Å². The summed E-state index contributed by atoms with van der Waals surface area (Å²) >= 11 is 0. The van der Waals surface area contributed by atoms with Gasteiger partial charge < -0.3 is 10.6 Å². The van der Waals surface area contributed by atoms with Crippen molar-refractivity contribution in [2.75, 3.05) is 13.6 Å². The van der Waals surface area contributed by atoms with Gasteiger partial charge >= 0.3 is 0 Å². The highest BCUT2D eigenvalue weighted by molar-refractivity contribution is 5.16. The third-order valence-corrected chi connectivity index (χ3v) is 4.46. The molecule has 0 amide bonds. The van der Waals surface area contributed by atoms with Gasteiger partial charge in [-0.2, -0.15) is 0 Å². The van der Waals surface area contributed by atoms with E-state index in [2.05, 4.69) is 25.8 Å². The van der Waals surface area contributed by atoms with Crippen molar-refractivity contribution in [3.63, 3.8) is 0 Å². The minimum atomic E-state index is -0.162. The first-order valence-electron chi connectivity index (χ1n) is 7.07. The van der Waals surface area contributed by atoms with E-state index in [1.54, 1.807) is 12.1 Å². The molecule has 1 saturated carbocycles. The second-order valence-electron chi connectivity index (χ2n) is 6.64. The fraction of sp³-hybridized carbons (Fsp3) is 0.625. The lowest BCUT2D eigenvalue weighted by Crippen LogP contribution is -2.41. The van der Waals surface area contributed by atoms with Crippen molar-refractivity contribution < 1.29 is 4.39 Å². The number of nitrogens with zero attached hydrogens (tertiary/aromatic N) is 1. The van der Waals surface area contributed by atoms with Crippen LogP contribution in [0.25, 0.3) is 0 Å². The molecule has 3 heteroatoms. The van der Waals surface area contributed by atoms with E-state index in [4.69, 9.17) is 5.73 Å². The largest absolute Gasteiger partial charge is 0.327 e. The van der Waals surface area contributed by atoms with Crippen LogP contribution >= 0.6 is 0 Å². The average Bonchev–Trinajstić information content (AvgIpc) is 2.56. The van der Waals surface area contributed by atoms with Gasteiger partial charge in [-0.25, -0.2) is 4.39 Å². The van der Waals surface area contributed by atoms with E-state index in [0.717, 1.165) is 18.7 Å². The highest BCUT2D eigenvalue weighted by Crippen LogP contribution is 2.40. The normalized spacial score (nSPS) is 26.0. The summed E-state index contributed by atoms with van der Waals surface area (Å²) in [6.45, 7) is 6.27. The molecule has 0 bridgehead atoms. The van der Waals surface area contributed by atoms with Crippen LogP contribution in [0.5, 0.6) is 0 Å². The van der Waals surface area contributed by atoms with Gasteiger partial charge in [0.15, 0.2) is 0 Å². The van der Waals surface area contributed by atoms with E-state index < -0.39 is 0 Å². The van der Waals surface area contributed by atoms with Crippen molar-refractivity contribution in [3.05, 3.63) is 35.6 Å². The summed E-state index contributed by atoms with van der Waals surface area (Å²) in [6.07, 6.45) is 2.40. The summed E-state index contributed by atoms with van der Waals surface area (Å²) in [5.74, 6) is 0.387. The molecule has 2 N–H and O–H groups in total. The van der Waals surface area contributed by atoms with E-state index in [1.165, 1.54) is 18.9 Å². The lowest BCUT2D eigenvalue weighted by atomic mass is 9.85. The van der Waals surface area contributed by atoms with Crippen LogP contribution in [-0.4, -0.2) is 24.5 Å². The molecule has 2 rings (SSSR count). The first-order chi connectivity index (χ1) is 8.88. The van der Waals surface area contributed by atoms with Crippen molar-refractivity contribution >= 4 is 0 Å². The van der Waals surface area contributed by atoms with Crippen LogP contribution in [0.1, 0.15) is 32.3 Å². The van der Waals surface area contributed by atoms with Crippen LogP contribution in [0.2, 0.25) is 0 Å². The molecule has 0 heterocycles. The molecule has 1 aromatic carbocycles. The summed E-state index contributed by atoms with van der Waals surface area (Å²) < 4.78 is 13.1. The lowest BCUT2D eigenvalue weighted by molar-refractivity contribution is 0.229. The Bertz CT molecular complexity index is 431. The zero-order valence-electron chi connectivity index (χ0n) is 12.2. The number of hydrogen-bond donors (Lipinski definition) is 1. The predicted octanol–water partition coefficient (Wildman–Crippen LogP) is 3.02. The third kappa shape index (κ3) is 3.54. The van der Waals surface area contributed by atoms with Crippen LogP contribution in [0.3, 0.4) is 0 Å². The van der Waals surface area contributed by atoms with E-state index in [1.807, 2.05) is 6.07 Å². The SMILES string of the molecule is CN(Cc1cccc(F)c1)CC1CCC(C)(C)C1N. The van der Waals surface area contributed by atoms with E-state index in [-0.39, 0.29) is 17.3 Å². The maximum atomic E-state index is 13.1. The van der Waals surface area contributed by atoms with Gasteiger partial charge in [0.05, 0.1) is 0 Å². The van der Waals surface area contributed by atoms with E-state index in [0.29, 0.717) is 5.92 Å². The number of nitrogens with two attached hydrogens (primary N) is 1. The van der Waals surface area contributed by atoms with Crippen molar-refractivity contribution in [1.29, 1.82) is 0 Å². The van der Waals surface area contributed by atoms with Crippen LogP contribution in [0.4, 0.5) is 4.39 Å². The summed E-state index contributed by atoms with van der Waals surface area (Å²) in [5, 5.41) is 0. The standard InChI is InChI=1S/C16H25FN2/c1-16(2)8-7-13(15(16)18)11-19(3)10-12-5-4-6-14(17)9-12/h4-6,9,13,15H,7-8,10-11,18H2,1-3H3. The number of hydrogen-bond acceptors (Lipinski definition) is 2. The quantitative estimate of drug-likeness (QED) is 0.905. The molecule has 1 aliphatic carbocycles. The van der Waals surface area contributed by atoms with Gasteiger partial charge in [-0.3, -0.25) is 0 Å². The molecule has 1 aromatic rings. The lowest BCUT2D eigenvalue weighted by Gasteiger charge is -2.29. The van der Waals surface area contributed by atoms with Gasteiger partial charge in [-0.15, -0.1) is 0 Å². The maximum Gasteiger partial charge on any atom is 0.123 e. The molecule has 106 valence electrons. The molecule has 19 heavy (non-hydrogen) atoms. The van der Waals surface area contributed by atoms with Gasteiger partial charge in [-0.1, -0.05) is 26.0 Å². The van der Waals surface area contributed by atoms with Crippen LogP contribution < -0.4 is 5.73 Å². The smallest absolute Gasteiger partial charge is 0.123 e. The Kier molecular flexibility index (Phi) is 4.26. The van der Waals surface area contributed by atoms with E-state index in [9.17, 15) is 4.39 Å². The van der Waals surface area contributed by atoms with Crippen molar-refractivity contribution in [2.45, 2.75) is 39.3 Å². The second-order valence-corrected chi connectivity index (χ2v) is 6.64. The Morgan fingerprint density at radius 2 is 2.16 bits per heavy atom. The van der Waals surface area contributed by atoms with E-state index >= 15 is 0 Å². The highest BCUT2D eigenvalue weighted by Gasteiger charge is 2.39. The Balaban J connectivity index is 1.90. The van der Waals surface area contributed by atoms with Crippen LogP contribution in [0, 0.1) is 17.2 Å². The number of halogens is 1. The summed E-state index contributed by atoms with van der Waals surface area (Å²) in [6, 6.07) is 7.09. The van der Waals surface area contributed by atoms with Crippen molar-refractivity contribution in [2.24, 2.45) is 17.1 Å². The molecule has 0 spiro atoms. The third-order valence-electron chi connectivity index (χ3n) is 4.46. The van der Waals surface area contributed by atoms with Crippen LogP contribution in [0.15, 0.2) is 24.3 Å². The van der Waals surface area contributed by atoms with Crippen LogP contribution in [-0.2, 0) is 6.54 Å². The number of rotatable bonds is 4. The zero-order chi connectivity index (χ0) is 14.0. The summed E-state index contributed by atoms with van der Waals surface area (Å²) in [4.78, 5) is 2.25. The molecule has 1 aliphatic rings. The minimum absolute atomic E-state index is 0.162. The molecular formula is C16H25FN2. The Labute approximate surface area is 115 Å². The highest BCUT2D eigenvalue weighted by atomic mass is 19.1. The monoisotopic (exact) mass is 264 g/mol. The first-order valence-corrected chi connectivity index (χ1v) is 7.07. The molecule has 0 radical (unpaired) electrons. The van der Waals surface area contributed by atoms with Gasteiger partial charge in [0, 0.05) is 19.1 Å². The molecule has 2 atom stereocenters. The zero-order valence-corrected chi connectivity index (χ0v) is 12.2. The Morgan fingerprint density at radius 1 is 1.42 bits per heavy atom. The first kappa shape index (κ1) is 14.5. The Hall–Kier alpha value is -0.930. The maximum absolute atomic E-state index is 13.1. The molecule has 1 fully saturated rings. The van der Waals surface area contributed by atoms with Gasteiger partial charge in [0.1, 0.15) is 5.82 Å². The molecule has 0 aromatic heterocycles. The predicted molar refractivity (Wildman–Crippen MR) is 77.2 cm³/mol. The topological polar surface area (TPSA) is 29.3 Å². The minimum Gasteiger partial charge on any atom is -0.327 e. The summed E-state index contributed by atoms with van der Waals surface area (Å²) in [5.41, 5.74) is 7.61.